The third kappa shape index (κ3) is 1.59. The summed E-state index contributed by atoms with van der Waals surface area (Å²) >= 11 is 0. The van der Waals surface area contributed by atoms with Crippen LogP contribution in [0.2, 0.25) is 0 Å². The van der Waals surface area contributed by atoms with E-state index in [9.17, 15) is 13.5 Å². The molecule has 0 spiro atoms. The van der Waals surface area contributed by atoms with E-state index in [1.165, 1.54) is 31.4 Å². The summed E-state index contributed by atoms with van der Waals surface area (Å²) in [7, 11) is -3.10. The molecular formula is C9H9NO5S. The van der Waals surface area contributed by atoms with Crippen LogP contribution in [0.3, 0.4) is 0 Å². The molecule has 1 heterocycles. The fraction of sp³-hybridized carbons (Fsp3) is 0.111. The highest BCUT2D eigenvalue weighted by Crippen LogP contribution is 2.25. The molecule has 0 saturated heterocycles. The number of phenolic OH excluding ortho intramolecular Hbond substituents is 1. The predicted molar refractivity (Wildman–Crippen MR) is 55.9 cm³/mol. The van der Waals surface area contributed by atoms with Crippen molar-refractivity contribution in [2.45, 2.75) is 5.03 Å². The topological polar surface area (TPSA) is 88.8 Å². The summed E-state index contributed by atoms with van der Waals surface area (Å²) in [6.07, 6.45) is 0. The van der Waals surface area contributed by atoms with Gasteiger partial charge in [0.2, 0.25) is 0 Å². The molecule has 0 aliphatic carbocycles. The van der Waals surface area contributed by atoms with Crippen molar-refractivity contribution in [3.63, 3.8) is 0 Å². The van der Waals surface area contributed by atoms with Gasteiger partial charge in [-0.25, -0.2) is 0 Å². The zero-order valence-electron chi connectivity index (χ0n) is 8.28. The van der Waals surface area contributed by atoms with Crippen LogP contribution in [0.5, 0.6) is 5.75 Å². The van der Waals surface area contributed by atoms with Gasteiger partial charge in [-0.05, 0) is 18.2 Å². The summed E-state index contributed by atoms with van der Waals surface area (Å²) < 4.78 is 32.0. The van der Waals surface area contributed by atoms with Gasteiger partial charge in [-0.15, -0.1) is 0 Å². The van der Waals surface area contributed by atoms with Gasteiger partial charge in [-0.1, -0.05) is 0 Å². The molecule has 2 aromatic rings. The molecular weight excluding hydrogens is 234 g/mol. The first-order chi connectivity index (χ1) is 7.43. The van der Waals surface area contributed by atoms with Crippen LogP contribution in [0.1, 0.15) is 0 Å². The lowest BCUT2D eigenvalue weighted by molar-refractivity contribution is 0.155. The second-order valence-corrected chi connectivity index (χ2v) is 4.55. The maximum Gasteiger partial charge on any atom is 0.313 e. The third-order valence-corrected chi connectivity index (χ3v) is 2.97. The van der Waals surface area contributed by atoms with Gasteiger partial charge >= 0.3 is 10.1 Å². The van der Waals surface area contributed by atoms with Gasteiger partial charge in [0.1, 0.15) is 12.9 Å². The first-order valence-electron chi connectivity index (χ1n) is 4.30. The average Bonchev–Trinajstić information content (AvgIpc) is 2.54. The van der Waals surface area contributed by atoms with Crippen LogP contribution in [0.15, 0.2) is 29.3 Å². The lowest BCUT2D eigenvalue weighted by atomic mass is 10.2. The highest BCUT2D eigenvalue weighted by molar-refractivity contribution is 7.85. The number of rotatable bonds is 2. The largest absolute Gasteiger partial charge is 0.508 e. The molecule has 16 heavy (non-hydrogen) atoms. The Kier molecular flexibility index (Phi) is 2.28. The fourth-order valence-corrected chi connectivity index (χ4v) is 2.17. The van der Waals surface area contributed by atoms with Crippen molar-refractivity contribution in [2.75, 3.05) is 7.11 Å². The Morgan fingerprint density at radius 1 is 1.31 bits per heavy atom. The zero-order chi connectivity index (χ0) is 11.9. The number of benzene rings is 1. The summed E-state index contributed by atoms with van der Waals surface area (Å²) in [4.78, 5) is 4.85. The van der Waals surface area contributed by atoms with Crippen molar-refractivity contribution in [1.82, 2.24) is 4.73 Å². The minimum Gasteiger partial charge on any atom is -0.508 e. The van der Waals surface area contributed by atoms with Crippen LogP contribution in [0, 0.1) is 0 Å². The summed E-state index contributed by atoms with van der Waals surface area (Å²) in [5.74, 6) is -0.0224. The van der Waals surface area contributed by atoms with Gasteiger partial charge in [-0.2, -0.15) is 13.1 Å². The van der Waals surface area contributed by atoms with Crippen molar-refractivity contribution in [3.8, 4) is 5.75 Å². The second-order valence-electron chi connectivity index (χ2n) is 3.18. The Labute approximate surface area is 91.4 Å². The Bertz CT molecular complexity index is 643. The van der Waals surface area contributed by atoms with E-state index in [1.54, 1.807) is 0 Å². The van der Waals surface area contributed by atoms with E-state index in [4.69, 9.17) is 9.39 Å². The van der Waals surface area contributed by atoms with E-state index in [0.717, 1.165) is 4.73 Å². The molecule has 86 valence electrons. The summed E-state index contributed by atoms with van der Waals surface area (Å²) in [5, 5.41) is 9.44. The lowest BCUT2D eigenvalue weighted by Crippen LogP contribution is -2.13. The van der Waals surface area contributed by atoms with Gasteiger partial charge in [0.25, 0.3) is 0 Å². The number of hydrogen-bond donors (Lipinski definition) is 2. The Hall–Kier alpha value is -1.73. The van der Waals surface area contributed by atoms with Gasteiger partial charge in [0, 0.05) is 11.5 Å². The quantitative estimate of drug-likeness (QED) is 0.756. The van der Waals surface area contributed by atoms with E-state index < -0.39 is 10.1 Å². The number of hydrogen-bond acceptors (Lipinski definition) is 4. The van der Waals surface area contributed by atoms with Crippen molar-refractivity contribution < 1.29 is 22.9 Å². The zero-order valence-corrected chi connectivity index (χ0v) is 9.10. The van der Waals surface area contributed by atoms with Crippen molar-refractivity contribution in [2.24, 2.45) is 0 Å². The molecule has 6 nitrogen and oxygen atoms in total. The standard InChI is InChI=1S/C9H9NO5S/c1-15-10-8-5-7(11)3-2-6(8)4-9(10)16(12,13)14/h2-5,11H,1H3,(H,12,13,14). The highest BCUT2D eigenvalue weighted by Gasteiger charge is 2.20. The van der Waals surface area contributed by atoms with Crippen LogP contribution in [-0.4, -0.2) is 29.9 Å². The van der Waals surface area contributed by atoms with Crippen LogP contribution >= 0.6 is 0 Å². The maximum absolute atomic E-state index is 11.1. The fourth-order valence-electron chi connectivity index (χ4n) is 1.51. The normalized spacial score (nSPS) is 11.9. The van der Waals surface area contributed by atoms with Crippen molar-refractivity contribution in [3.05, 3.63) is 24.3 Å². The van der Waals surface area contributed by atoms with E-state index in [-0.39, 0.29) is 10.8 Å². The molecule has 0 unspecified atom stereocenters. The minimum absolute atomic E-state index is 0.0224. The molecule has 1 aromatic carbocycles. The summed E-state index contributed by atoms with van der Waals surface area (Å²) in [6.45, 7) is 0. The number of aromatic hydroxyl groups is 1. The predicted octanol–water partition coefficient (Wildman–Crippen LogP) is 0.652. The van der Waals surface area contributed by atoms with Gasteiger partial charge < -0.3 is 9.94 Å². The molecule has 2 N–H and O–H groups in total. The van der Waals surface area contributed by atoms with Gasteiger partial charge in [0.05, 0.1) is 5.52 Å². The number of fused-ring (bicyclic) bond motifs is 1. The minimum atomic E-state index is -4.36. The maximum atomic E-state index is 11.1. The van der Waals surface area contributed by atoms with Gasteiger partial charge in [0.15, 0.2) is 5.03 Å². The van der Waals surface area contributed by atoms with E-state index in [1.807, 2.05) is 0 Å². The van der Waals surface area contributed by atoms with Crippen molar-refractivity contribution >= 4 is 21.0 Å². The first-order valence-corrected chi connectivity index (χ1v) is 5.74. The average molecular weight is 243 g/mol. The van der Waals surface area contributed by atoms with Gasteiger partial charge in [-0.3, -0.25) is 4.55 Å². The molecule has 0 fully saturated rings. The van der Waals surface area contributed by atoms with E-state index in [0.29, 0.717) is 10.9 Å². The molecule has 0 atom stereocenters. The van der Waals surface area contributed by atoms with Crippen LogP contribution < -0.4 is 4.84 Å². The monoisotopic (exact) mass is 243 g/mol. The number of phenols is 1. The highest BCUT2D eigenvalue weighted by atomic mass is 32.2. The smallest absolute Gasteiger partial charge is 0.313 e. The molecule has 0 aliphatic heterocycles. The SMILES string of the molecule is COn1c(S(=O)(=O)O)cc2ccc(O)cc21. The summed E-state index contributed by atoms with van der Waals surface area (Å²) in [6, 6.07) is 5.53. The van der Waals surface area contributed by atoms with Crippen LogP contribution in [-0.2, 0) is 10.1 Å². The molecule has 0 amide bonds. The first kappa shape index (κ1) is 10.8. The molecule has 7 heteroatoms. The third-order valence-electron chi connectivity index (χ3n) is 2.16. The molecule has 0 radical (unpaired) electrons. The Morgan fingerprint density at radius 3 is 2.56 bits per heavy atom. The van der Waals surface area contributed by atoms with Crippen LogP contribution in [0.4, 0.5) is 0 Å². The molecule has 0 saturated carbocycles. The Morgan fingerprint density at radius 2 is 2.00 bits per heavy atom. The van der Waals surface area contributed by atoms with E-state index in [2.05, 4.69) is 0 Å². The summed E-state index contributed by atoms with van der Waals surface area (Å²) in [5.41, 5.74) is 0.357. The Balaban J connectivity index is 2.88. The molecule has 2 rings (SSSR count). The molecule has 0 aliphatic rings. The van der Waals surface area contributed by atoms with E-state index >= 15 is 0 Å². The van der Waals surface area contributed by atoms with Crippen molar-refractivity contribution in [1.29, 1.82) is 0 Å². The molecule has 0 bridgehead atoms. The number of aromatic nitrogens is 1. The molecule has 1 aromatic heterocycles. The lowest BCUT2D eigenvalue weighted by Gasteiger charge is -2.05. The second kappa shape index (κ2) is 3.39. The van der Waals surface area contributed by atoms with Crippen LogP contribution in [0.25, 0.3) is 10.9 Å². The number of nitrogens with zero attached hydrogens (tertiary/aromatic N) is 1.